The van der Waals surface area contributed by atoms with Crippen molar-refractivity contribution in [1.29, 1.82) is 0 Å². The lowest BCUT2D eigenvalue weighted by atomic mass is 10.1. The van der Waals surface area contributed by atoms with E-state index in [4.69, 9.17) is 0 Å². The Morgan fingerprint density at radius 1 is 1.07 bits per heavy atom. The molecular weight excluding hydrogens is 387 g/mol. The second-order valence-corrected chi connectivity index (χ2v) is 7.83. The van der Waals surface area contributed by atoms with Crippen molar-refractivity contribution in [3.63, 3.8) is 0 Å². The van der Waals surface area contributed by atoms with Crippen LogP contribution in [0.25, 0.3) is 0 Å². The number of benzene rings is 3. The summed E-state index contributed by atoms with van der Waals surface area (Å²) in [6.45, 7) is 4.07. The quantitative estimate of drug-likeness (QED) is 0.623. The molecule has 0 fully saturated rings. The summed E-state index contributed by atoms with van der Waals surface area (Å²) >= 11 is 1.53. The van der Waals surface area contributed by atoms with Crippen LogP contribution in [-0.4, -0.2) is 18.4 Å². The first-order valence-electron chi connectivity index (χ1n) is 9.28. The van der Waals surface area contributed by atoms with Crippen LogP contribution in [0.4, 0.5) is 15.8 Å². The minimum Gasteiger partial charge on any atom is -0.322 e. The van der Waals surface area contributed by atoms with Crippen LogP contribution in [0.1, 0.15) is 33.2 Å². The number of amides is 2. The van der Waals surface area contributed by atoms with E-state index in [1.54, 1.807) is 36.1 Å². The van der Waals surface area contributed by atoms with Crippen molar-refractivity contribution in [2.75, 3.05) is 16.8 Å². The van der Waals surface area contributed by atoms with E-state index in [0.29, 0.717) is 23.4 Å². The number of anilines is 2. The van der Waals surface area contributed by atoms with Gasteiger partial charge in [-0.15, -0.1) is 0 Å². The molecule has 0 saturated heterocycles. The average molecular weight is 406 g/mol. The van der Waals surface area contributed by atoms with E-state index < -0.39 is 11.7 Å². The summed E-state index contributed by atoms with van der Waals surface area (Å²) in [6, 6.07) is 17.4. The Morgan fingerprint density at radius 2 is 1.86 bits per heavy atom. The molecule has 4 nitrogen and oxygen atoms in total. The highest BCUT2D eigenvalue weighted by Gasteiger charge is 2.26. The van der Waals surface area contributed by atoms with Crippen molar-refractivity contribution in [1.82, 2.24) is 0 Å². The van der Waals surface area contributed by atoms with Gasteiger partial charge in [0.05, 0.1) is 11.3 Å². The largest absolute Gasteiger partial charge is 0.322 e. The molecule has 1 aliphatic heterocycles. The molecule has 1 aliphatic rings. The molecule has 1 heterocycles. The summed E-state index contributed by atoms with van der Waals surface area (Å²) in [5, 5.41) is 2.80. The highest BCUT2D eigenvalue weighted by molar-refractivity contribution is 7.99. The third kappa shape index (κ3) is 3.63. The number of fused-ring (bicyclic) bond motifs is 2. The Balaban J connectivity index is 1.67. The lowest BCUT2D eigenvalue weighted by Gasteiger charge is -2.22. The zero-order chi connectivity index (χ0) is 20.5. The Kier molecular flexibility index (Phi) is 5.11. The van der Waals surface area contributed by atoms with Gasteiger partial charge < -0.3 is 10.2 Å². The van der Waals surface area contributed by atoms with Crippen LogP contribution in [0.3, 0.4) is 0 Å². The summed E-state index contributed by atoms with van der Waals surface area (Å²) in [6.07, 6.45) is 0. The molecule has 0 radical (unpaired) electrons. The molecule has 4 rings (SSSR count). The van der Waals surface area contributed by atoms with E-state index in [-0.39, 0.29) is 11.5 Å². The fourth-order valence-corrected chi connectivity index (χ4v) is 4.31. The number of nitrogens with one attached hydrogen (secondary N) is 1. The molecule has 146 valence electrons. The minimum atomic E-state index is -0.420. The number of aryl methyl sites for hydroxylation is 1. The number of carbonyl (C=O) groups is 2. The molecule has 0 saturated carbocycles. The van der Waals surface area contributed by atoms with Crippen LogP contribution in [-0.2, 0) is 0 Å². The smallest absolute Gasteiger partial charge is 0.259 e. The van der Waals surface area contributed by atoms with E-state index in [0.717, 1.165) is 15.5 Å². The molecule has 2 amide bonds. The third-order valence-corrected chi connectivity index (χ3v) is 5.98. The van der Waals surface area contributed by atoms with Crippen molar-refractivity contribution in [2.24, 2.45) is 0 Å². The average Bonchev–Trinajstić information content (AvgIpc) is 2.83. The van der Waals surface area contributed by atoms with Crippen LogP contribution >= 0.6 is 11.8 Å². The van der Waals surface area contributed by atoms with E-state index in [1.807, 2.05) is 37.3 Å². The highest BCUT2D eigenvalue weighted by atomic mass is 32.2. The first kappa shape index (κ1) is 19.2. The number of halogens is 1. The third-order valence-electron chi connectivity index (χ3n) is 4.84. The molecule has 0 unspecified atom stereocenters. The number of rotatable bonds is 3. The molecule has 3 aromatic carbocycles. The Morgan fingerprint density at radius 3 is 2.62 bits per heavy atom. The standard InChI is InChI=1S/C23H19FN2O2S/c1-3-26-19-13-16(25-22(27)15-9-8-14(2)18(24)12-15)10-11-21(19)29-20-7-5-4-6-17(20)23(26)28/h4-13H,3H2,1-2H3,(H,25,27). The minimum absolute atomic E-state index is 0.0709. The maximum absolute atomic E-state index is 13.8. The summed E-state index contributed by atoms with van der Waals surface area (Å²) in [7, 11) is 0. The van der Waals surface area contributed by atoms with Crippen LogP contribution in [0.2, 0.25) is 0 Å². The van der Waals surface area contributed by atoms with Crippen molar-refractivity contribution in [3.8, 4) is 0 Å². The van der Waals surface area contributed by atoms with Gasteiger partial charge >= 0.3 is 0 Å². The van der Waals surface area contributed by atoms with Crippen molar-refractivity contribution < 1.29 is 14.0 Å². The lowest BCUT2D eigenvalue weighted by molar-refractivity contribution is 0.0984. The maximum Gasteiger partial charge on any atom is 0.259 e. The Bertz CT molecular complexity index is 1130. The summed E-state index contributed by atoms with van der Waals surface area (Å²) in [4.78, 5) is 29.1. The van der Waals surface area contributed by atoms with Crippen molar-refractivity contribution in [3.05, 3.63) is 83.2 Å². The zero-order valence-electron chi connectivity index (χ0n) is 16.0. The van der Waals surface area contributed by atoms with E-state index in [9.17, 15) is 14.0 Å². The molecule has 6 heteroatoms. The van der Waals surface area contributed by atoms with Gasteiger partial charge in [-0.05, 0) is 61.9 Å². The molecular formula is C23H19FN2O2S. The van der Waals surface area contributed by atoms with E-state index in [2.05, 4.69) is 5.32 Å². The fourth-order valence-electron chi connectivity index (χ4n) is 3.25. The van der Waals surface area contributed by atoms with Gasteiger partial charge in [-0.25, -0.2) is 4.39 Å². The van der Waals surface area contributed by atoms with Crippen LogP contribution in [0.15, 0.2) is 70.5 Å². The monoisotopic (exact) mass is 406 g/mol. The first-order chi connectivity index (χ1) is 14.0. The predicted octanol–water partition coefficient (Wildman–Crippen LogP) is 5.52. The van der Waals surface area contributed by atoms with Gasteiger partial charge in [-0.3, -0.25) is 9.59 Å². The van der Waals surface area contributed by atoms with E-state index >= 15 is 0 Å². The number of hydrogen-bond donors (Lipinski definition) is 1. The normalized spacial score (nSPS) is 12.8. The number of carbonyl (C=O) groups excluding carboxylic acids is 2. The summed E-state index contributed by atoms with van der Waals surface area (Å²) in [5.41, 5.74) is 2.68. The molecule has 0 aliphatic carbocycles. The van der Waals surface area contributed by atoms with Crippen LogP contribution in [0.5, 0.6) is 0 Å². The topological polar surface area (TPSA) is 49.4 Å². The molecule has 3 aromatic rings. The first-order valence-corrected chi connectivity index (χ1v) is 10.1. The van der Waals surface area contributed by atoms with Gasteiger partial charge in [0.25, 0.3) is 11.8 Å². The van der Waals surface area contributed by atoms with Crippen LogP contribution < -0.4 is 10.2 Å². The van der Waals surface area contributed by atoms with Gasteiger partial charge in [0.1, 0.15) is 5.82 Å². The van der Waals surface area contributed by atoms with Crippen molar-refractivity contribution in [2.45, 2.75) is 23.6 Å². The zero-order valence-corrected chi connectivity index (χ0v) is 16.8. The second kappa shape index (κ2) is 7.72. The van der Waals surface area contributed by atoms with Gasteiger partial charge in [-0.2, -0.15) is 0 Å². The van der Waals surface area contributed by atoms with Gasteiger partial charge in [0, 0.05) is 27.6 Å². The summed E-state index contributed by atoms with van der Waals surface area (Å²) in [5.74, 6) is -0.891. The molecule has 0 aromatic heterocycles. The molecule has 0 atom stereocenters. The molecule has 0 spiro atoms. The van der Waals surface area contributed by atoms with Crippen molar-refractivity contribution >= 4 is 35.0 Å². The van der Waals surface area contributed by atoms with Gasteiger partial charge in [0.15, 0.2) is 0 Å². The lowest BCUT2D eigenvalue weighted by Crippen LogP contribution is -2.30. The number of nitrogens with zero attached hydrogens (tertiary/aromatic N) is 1. The molecule has 1 N–H and O–H groups in total. The predicted molar refractivity (Wildman–Crippen MR) is 113 cm³/mol. The molecule has 29 heavy (non-hydrogen) atoms. The molecule has 0 bridgehead atoms. The Hall–Kier alpha value is -3.12. The SMILES string of the molecule is CCN1C(=O)c2ccccc2Sc2ccc(NC(=O)c3ccc(C)c(F)c3)cc21. The summed E-state index contributed by atoms with van der Waals surface area (Å²) < 4.78 is 13.8. The Labute approximate surface area is 172 Å². The van der Waals surface area contributed by atoms with E-state index in [1.165, 1.54) is 17.8 Å². The number of hydrogen-bond acceptors (Lipinski definition) is 3. The fraction of sp³-hybridized carbons (Fsp3) is 0.130. The van der Waals surface area contributed by atoms with Gasteiger partial charge in [-0.1, -0.05) is 30.0 Å². The van der Waals surface area contributed by atoms with Gasteiger partial charge in [0.2, 0.25) is 0 Å². The van der Waals surface area contributed by atoms with Crippen LogP contribution in [0, 0.1) is 12.7 Å². The second-order valence-electron chi connectivity index (χ2n) is 6.75. The maximum atomic E-state index is 13.8. The highest BCUT2D eigenvalue weighted by Crippen LogP contribution is 2.42.